The van der Waals surface area contributed by atoms with Crippen LogP contribution in [0.3, 0.4) is 0 Å². The van der Waals surface area contributed by atoms with Crippen LogP contribution in [0.5, 0.6) is 0 Å². The fourth-order valence-corrected chi connectivity index (χ4v) is 1.59. The van der Waals surface area contributed by atoms with Crippen LogP contribution < -0.4 is 0 Å². The molecule has 2 aromatic carbocycles. The largest absolute Gasteiger partial charge is 0.419 e. The Morgan fingerprint density at radius 2 is 1.44 bits per heavy atom. The molecule has 0 saturated heterocycles. The van der Waals surface area contributed by atoms with E-state index in [4.69, 9.17) is 0 Å². The van der Waals surface area contributed by atoms with Crippen molar-refractivity contribution in [3.63, 3.8) is 0 Å². The molecule has 0 aliphatic heterocycles. The minimum atomic E-state index is -4.77. The summed E-state index contributed by atoms with van der Waals surface area (Å²) in [6, 6.07) is 7.68. The van der Waals surface area contributed by atoms with Gasteiger partial charge in [0.05, 0.1) is 5.56 Å². The SMILES string of the molecule is Fc1cccc(-c2ccc(F)c(C(F)(F)F)c2)c1. The van der Waals surface area contributed by atoms with Gasteiger partial charge in [-0.2, -0.15) is 13.2 Å². The van der Waals surface area contributed by atoms with Gasteiger partial charge in [0.2, 0.25) is 0 Å². The molecule has 0 saturated carbocycles. The molecule has 0 fully saturated rings. The lowest BCUT2D eigenvalue weighted by Gasteiger charge is -2.10. The Kier molecular flexibility index (Phi) is 3.07. The van der Waals surface area contributed by atoms with Gasteiger partial charge in [0, 0.05) is 0 Å². The van der Waals surface area contributed by atoms with E-state index in [1.807, 2.05) is 0 Å². The molecule has 0 heterocycles. The van der Waals surface area contributed by atoms with E-state index in [-0.39, 0.29) is 11.1 Å². The zero-order valence-electron chi connectivity index (χ0n) is 8.93. The fraction of sp³-hybridized carbons (Fsp3) is 0.0769. The van der Waals surface area contributed by atoms with Gasteiger partial charge in [-0.25, -0.2) is 8.78 Å². The first-order chi connectivity index (χ1) is 8.38. The molecule has 0 unspecified atom stereocenters. The average molecular weight is 258 g/mol. The van der Waals surface area contributed by atoms with Gasteiger partial charge in [0.1, 0.15) is 11.6 Å². The molecular formula is C13H7F5. The number of halogens is 5. The second kappa shape index (κ2) is 4.40. The van der Waals surface area contributed by atoms with Gasteiger partial charge in [-0.3, -0.25) is 0 Å². The second-order valence-electron chi connectivity index (χ2n) is 3.70. The normalized spacial score (nSPS) is 11.6. The summed E-state index contributed by atoms with van der Waals surface area (Å²) in [5, 5.41) is 0. The fourth-order valence-electron chi connectivity index (χ4n) is 1.59. The topological polar surface area (TPSA) is 0 Å². The van der Waals surface area contributed by atoms with Gasteiger partial charge in [-0.15, -0.1) is 0 Å². The quantitative estimate of drug-likeness (QED) is 0.653. The van der Waals surface area contributed by atoms with Gasteiger partial charge in [0.15, 0.2) is 0 Å². The summed E-state index contributed by atoms with van der Waals surface area (Å²) >= 11 is 0. The third-order valence-corrected chi connectivity index (χ3v) is 2.43. The first-order valence-corrected chi connectivity index (χ1v) is 5.00. The molecular weight excluding hydrogens is 251 g/mol. The van der Waals surface area contributed by atoms with Crippen molar-refractivity contribution in [1.29, 1.82) is 0 Å². The maximum absolute atomic E-state index is 13.1. The molecule has 0 N–H and O–H groups in total. The first-order valence-electron chi connectivity index (χ1n) is 5.00. The molecule has 0 amide bonds. The van der Waals surface area contributed by atoms with E-state index >= 15 is 0 Å². The predicted molar refractivity (Wildman–Crippen MR) is 56.8 cm³/mol. The zero-order chi connectivity index (χ0) is 13.3. The van der Waals surface area contributed by atoms with E-state index in [1.165, 1.54) is 24.3 Å². The molecule has 18 heavy (non-hydrogen) atoms. The Bertz CT molecular complexity index is 572. The van der Waals surface area contributed by atoms with Crippen molar-refractivity contribution in [2.24, 2.45) is 0 Å². The summed E-state index contributed by atoms with van der Waals surface area (Å²) in [4.78, 5) is 0. The van der Waals surface area contributed by atoms with E-state index in [0.29, 0.717) is 6.07 Å². The van der Waals surface area contributed by atoms with Crippen molar-refractivity contribution < 1.29 is 22.0 Å². The van der Waals surface area contributed by atoms with Crippen molar-refractivity contribution in [2.45, 2.75) is 6.18 Å². The summed E-state index contributed by atoms with van der Waals surface area (Å²) in [6.45, 7) is 0. The van der Waals surface area contributed by atoms with Crippen LogP contribution in [0.2, 0.25) is 0 Å². The molecule has 5 heteroatoms. The summed E-state index contributed by atoms with van der Waals surface area (Å²) in [7, 11) is 0. The van der Waals surface area contributed by atoms with Crippen LogP contribution in [0.4, 0.5) is 22.0 Å². The van der Waals surface area contributed by atoms with E-state index in [2.05, 4.69) is 0 Å². The summed E-state index contributed by atoms with van der Waals surface area (Å²) in [6.07, 6.45) is -4.77. The Labute approximate surface area is 99.7 Å². The van der Waals surface area contributed by atoms with Crippen molar-refractivity contribution >= 4 is 0 Å². The van der Waals surface area contributed by atoms with Crippen LogP contribution in [0, 0.1) is 11.6 Å². The maximum atomic E-state index is 13.1. The van der Waals surface area contributed by atoms with Gasteiger partial charge in [0.25, 0.3) is 0 Å². The smallest absolute Gasteiger partial charge is 0.207 e. The van der Waals surface area contributed by atoms with Gasteiger partial charge in [-0.05, 0) is 35.4 Å². The summed E-state index contributed by atoms with van der Waals surface area (Å²) in [5.74, 6) is -1.91. The highest BCUT2D eigenvalue weighted by Gasteiger charge is 2.34. The predicted octanol–water partition coefficient (Wildman–Crippen LogP) is 4.65. The maximum Gasteiger partial charge on any atom is 0.419 e. The Hall–Kier alpha value is -1.91. The number of hydrogen-bond acceptors (Lipinski definition) is 0. The van der Waals surface area contributed by atoms with Crippen LogP contribution in [0.1, 0.15) is 5.56 Å². The lowest BCUT2D eigenvalue weighted by Crippen LogP contribution is -2.08. The molecule has 0 bridgehead atoms. The molecule has 0 aliphatic rings. The van der Waals surface area contributed by atoms with E-state index in [9.17, 15) is 22.0 Å². The molecule has 2 aromatic rings. The number of alkyl halides is 3. The van der Waals surface area contributed by atoms with Gasteiger partial charge >= 0.3 is 6.18 Å². The monoisotopic (exact) mass is 258 g/mol. The third kappa shape index (κ3) is 2.50. The van der Waals surface area contributed by atoms with Gasteiger partial charge in [-0.1, -0.05) is 18.2 Å². The summed E-state index contributed by atoms with van der Waals surface area (Å²) in [5.41, 5.74) is -0.979. The molecule has 94 valence electrons. The van der Waals surface area contributed by atoms with Crippen LogP contribution in [-0.2, 0) is 6.18 Å². The zero-order valence-corrected chi connectivity index (χ0v) is 8.93. The number of benzene rings is 2. The standard InChI is InChI=1S/C13H7F5/c14-10-3-1-2-8(6-10)9-4-5-12(15)11(7-9)13(16,17)18/h1-7H. The molecule has 0 radical (unpaired) electrons. The average Bonchev–Trinajstić information content (AvgIpc) is 2.28. The van der Waals surface area contributed by atoms with Crippen molar-refractivity contribution in [3.05, 3.63) is 59.7 Å². The highest BCUT2D eigenvalue weighted by molar-refractivity contribution is 5.64. The highest BCUT2D eigenvalue weighted by atomic mass is 19.4. The Morgan fingerprint density at radius 1 is 0.778 bits per heavy atom. The molecule has 0 spiro atoms. The highest BCUT2D eigenvalue weighted by Crippen LogP contribution is 2.34. The second-order valence-corrected chi connectivity index (χ2v) is 3.70. The van der Waals surface area contributed by atoms with E-state index in [0.717, 1.165) is 12.1 Å². The van der Waals surface area contributed by atoms with E-state index in [1.54, 1.807) is 0 Å². The van der Waals surface area contributed by atoms with Crippen LogP contribution in [0.15, 0.2) is 42.5 Å². The van der Waals surface area contributed by atoms with Crippen LogP contribution >= 0.6 is 0 Å². The molecule has 2 rings (SSSR count). The molecule has 0 nitrogen and oxygen atoms in total. The number of rotatable bonds is 1. The van der Waals surface area contributed by atoms with Crippen molar-refractivity contribution in [1.82, 2.24) is 0 Å². The molecule has 0 aromatic heterocycles. The van der Waals surface area contributed by atoms with Crippen molar-refractivity contribution in [2.75, 3.05) is 0 Å². The lowest BCUT2D eigenvalue weighted by atomic mass is 10.0. The Balaban J connectivity index is 2.54. The number of hydrogen-bond donors (Lipinski definition) is 0. The minimum Gasteiger partial charge on any atom is -0.207 e. The lowest BCUT2D eigenvalue weighted by molar-refractivity contribution is -0.139. The van der Waals surface area contributed by atoms with Crippen LogP contribution in [0.25, 0.3) is 11.1 Å². The molecule has 0 atom stereocenters. The first kappa shape index (κ1) is 12.5. The van der Waals surface area contributed by atoms with E-state index < -0.39 is 23.4 Å². The summed E-state index contributed by atoms with van der Waals surface area (Å²) < 4.78 is 63.6. The molecule has 0 aliphatic carbocycles. The van der Waals surface area contributed by atoms with Gasteiger partial charge < -0.3 is 0 Å². The van der Waals surface area contributed by atoms with Crippen molar-refractivity contribution in [3.8, 4) is 11.1 Å². The Morgan fingerprint density at radius 3 is 2.06 bits per heavy atom. The minimum absolute atomic E-state index is 0.114. The van der Waals surface area contributed by atoms with Crippen LogP contribution in [-0.4, -0.2) is 0 Å². The third-order valence-electron chi connectivity index (χ3n) is 2.43.